The Kier molecular flexibility index (Phi) is 4.39. The summed E-state index contributed by atoms with van der Waals surface area (Å²) in [5.74, 6) is 0.702. The van der Waals surface area contributed by atoms with Crippen molar-refractivity contribution in [3.8, 4) is 11.8 Å². The third-order valence-corrected chi connectivity index (χ3v) is 3.65. The van der Waals surface area contributed by atoms with Crippen molar-refractivity contribution in [1.82, 2.24) is 14.5 Å². The topological polar surface area (TPSA) is 75.8 Å². The summed E-state index contributed by atoms with van der Waals surface area (Å²) in [6.45, 7) is 1.63. The van der Waals surface area contributed by atoms with Crippen molar-refractivity contribution >= 4 is 16.6 Å². The summed E-state index contributed by atoms with van der Waals surface area (Å²) in [7, 11) is 1.62. The maximum Gasteiger partial charge on any atom is 0.145 e. The molecule has 0 saturated carbocycles. The second-order valence-corrected chi connectivity index (χ2v) is 5.10. The van der Waals surface area contributed by atoms with Crippen LogP contribution in [-0.4, -0.2) is 28.2 Å². The lowest BCUT2D eigenvalue weighted by Crippen LogP contribution is -2.08. The van der Waals surface area contributed by atoms with E-state index in [1.54, 1.807) is 25.8 Å². The molecule has 0 fully saturated rings. The fourth-order valence-corrected chi connectivity index (χ4v) is 2.53. The molecule has 0 aliphatic rings. The summed E-state index contributed by atoms with van der Waals surface area (Å²) in [4.78, 5) is 8.38. The monoisotopic (exact) mass is 307 g/mol. The summed E-state index contributed by atoms with van der Waals surface area (Å²) in [6, 6.07) is 7.92. The number of nitrogens with zero attached hydrogens (tertiary/aromatic N) is 4. The minimum Gasteiger partial charge on any atom is -0.494 e. The molecule has 0 aliphatic carbocycles. The van der Waals surface area contributed by atoms with Gasteiger partial charge in [-0.25, -0.2) is 4.98 Å². The lowest BCUT2D eigenvalue weighted by molar-refractivity contribution is 0.419. The summed E-state index contributed by atoms with van der Waals surface area (Å²) in [5.41, 5.74) is 2.10. The third-order valence-electron chi connectivity index (χ3n) is 3.65. The number of nitrogens with one attached hydrogen (secondary N) is 1. The standard InChI is InChI=1S/C17H17N5O/c1-23-15-5-2-4-14-16(13(10-18)11-21-17(14)15)20-6-3-8-22-9-7-19-12-22/h2,4-5,7,9,11-12H,3,6,8H2,1H3,(H,20,21). The molecule has 1 aromatic carbocycles. The summed E-state index contributed by atoms with van der Waals surface area (Å²) >= 11 is 0. The van der Waals surface area contributed by atoms with Gasteiger partial charge >= 0.3 is 0 Å². The number of aryl methyl sites for hydroxylation is 1. The molecule has 1 N–H and O–H groups in total. The van der Waals surface area contributed by atoms with Crippen molar-refractivity contribution in [3.63, 3.8) is 0 Å². The first-order chi connectivity index (χ1) is 11.3. The van der Waals surface area contributed by atoms with E-state index < -0.39 is 0 Å². The molecule has 6 heteroatoms. The molecule has 0 radical (unpaired) electrons. The molecule has 23 heavy (non-hydrogen) atoms. The first kappa shape index (κ1) is 14.9. The number of para-hydroxylation sites is 1. The number of methoxy groups -OCH3 is 1. The maximum absolute atomic E-state index is 9.34. The number of rotatable bonds is 6. The van der Waals surface area contributed by atoms with Crippen LogP contribution in [0, 0.1) is 11.3 Å². The van der Waals surface area contributed by atoms with Gasteiger partial charge in [0.25, 0.3) is 0 Å². The zero-order valence-corrected chi connectivity index (χ0v) is 12.9. The van der Waals surface area contributed by atoms with E-state index in [4.69, 9.17) is 4.74 Å². The first-order valence-corrected chi connectivity index (χ1v) is 7.39. The van der Waals surface area contributed by atoms with Crippen LogP contribution in [0.25, 0.3) is 10.9 Å². The lowest BCUT2D eigenvalue weighted by Gasteiger charge is -2.13. The van der Waals surface area contributed by atoms with Crippen molar-refractivity contribution in [1.29, 1.82) is 5.26 Å². The zero-order valence-electron chi connectivity index (χ0n) is 12.9. The van der Waals surface area contributed by atoms with Crippen LogP contribution < -0.4 is 10.1 Å². The van der Waals surface area contributed by atoms with E-state index in [0.717, 1.165) is 36.1 Å². The second kappa shape index (κ2) is 6.79. The molecule has 3 rings (SSSR count). The van der Waals surface area contributed by atoms with Gasteiger partial charge in [0.15, 0.2) is 0 Å². The van der Waals surface area contributed by atoms with E-state index in [1.807, 2.05) is 29.0 Å². The molecule has 0 bridgehead atoms. The van der Waals surface area contributed by atoms with Crippen molar-refractivity contribution in [3.05, 3.63) is 48.7 Å². The molecule has 2 heterocycles. The van der Waals surface area contributed by atoms with Gasteiger partial charge in [0.2, 0.25) is 0 Å². The van der Waals surface area contributed by atoms with Crippen LogP contribution in [0.2, 0.25) is 0 Å². The largest absolute Gasteiger partial charge is 0.494 e. The fraction of sp³-hybridized carbons (Fsp3) is 0.235. The van der Waals surface area contributed by atoms with E-state index in [9.17, 15) is 5.26 Å². The highest BCUT2D eigenvalue weighted by Crippen LogP contribution is 2.31. The van der Waals surface area contributed by atoms with Crippen LogP contribution in [0.15, 0.2) is 43.1 Å². The van der Waals surface area contributed by atoms with Gasteiger partial charge in [0.05, 0.1) is 24.7 Å². The van der Waals surface area contributed by atoms with Crippen LogP contribution in [0.3, 0.4) is 0 Å². The molecule has 0 saturated heterocycles. The molecule has 3 aromatic rings. The minimum atomic E-state index is 0.536. The van der Waals surface area contributed by atoms with Gasteiger partial charge in [-0.15, -0.1) is 0 Å². The Morgan fingerprint density at radius 1 is 1.39 bits per heavy atom. The number of imidazole rings is 1. The average molecular weight is 307 g/mol. The zero-order chi connectivity index (χ0) is 16.1. The Morgan fingerprint density at radius 2 is 2.30 bits per heavy atom. The number of ether oxygens (including phenoxy) is 1. The van der Waals surface area contributed by atoms with Crippen molar-refractivity contribution in [2.75, 3.05) is 19.0 Å². The Morgan fingerprint density at radius 3 is 3.04 bits per heavy atom. The molecular weight excluding hydrogens is 290 g/mol. The molecule has 0 atom stereocenters. The fourth-order valence-electron chi connectivity index (χ4n) is 2.53. The van der Waals surface area contributed by atoms with E-state index in [0.29, 0.717) is 11.3 Å². The number of hydrogen-bond donors (Lipinski definition) is 1. The number of benzene rings is 1. The number of anilines is 1. The predicted molar refractivity (Wildman–Crippen MR) is 88.3 cm³/mol. The second-order valence-electron chi connectivity index (χ2n) is 5.10. The molecule has 116 valence electrons. The number of pyridine rings is 1. The molecule has 0 amide bonds. The van der Waals surface area contributed by atoms with Crippen molar-refractivity contribution in [2.45, 2.75) is 13.0 Å². The summed E-state index contributed by atoms with van der Waals surface area (Å²) < 4.78 is 7.38. The Hall–Kier alpha value is -3.07. The van der Waals surface area contributed by atoms with Crippen molar-refractivity contribution < 1.29 is 4.74 Å². The van der Waals surface area contributed by atoms with Gasteiger partial charge in [-0.1, -0.05) is 12.1 Å². The smallest absolute Gasteiger partial charge is 0.145 e. The SMILES string of the molecule is COc1cccc2c(NCCCn3ccnc3)c(C#N)cnc12. The Labute approximate surface area is 134 Å². The highest BCUT2D eigenvalue weighted by Gasteiger charge is 2.11. The Bertz CT molecular complexity index is 836. The molecular formula is C17H17N5O. The van der Waals surface area contributed by atoms with Gasteiger partial charge < -0.3 is 14.6 Å². The number of nitriles is 1. The minimum absolute atomic E-state index is 0.536. The van der Waals surface area contributed by atoms with Gasteiger partial charge in [0.1, 0.15) is 17.3 Å². The van der Waals surface area contributed by atoms with Gasteiger partial charge in [-0.3, -0.25) is 4.98 Å². The molecule has 2 aromatic heterocycles. The van der Waals surface area contributed by atoms with Crippen LogP contribution >= 0.6 is 0 Å². The van der Waals surface area contributed by atoms with E-state index in [1.165, 1.54) is 0 Å². The number of fused-ring (bicyclic) bond motifs is 1. The highest BCUT2D eigenvalue weighted by molar-refractivity contribution is 5.97. The predicted octanol–water partition coefficient (Wildman–Crippen LogP) is 2.81. The van der Waals surface area contributed by atoms with Crippen LogP contribution in [0.5, 0.6) is 5.75 Å². The maximum atomic E-state index is 9.34. The summed E-state index contributed by atoms with van der Waals surface area (Å²) in [5, 5.41) is 13.6. The quantitative estimate of drug-likeness (QED) is 0.709. The number of aromatic nitrogens is 3. The van der Waals surface area contributed by atoms with Crippen LogP contribution in [0.4, 0.5) is 5.69 Å². The van der Waals surface area contributed by atoms with Crippen LogP contribution in [-0.2, 0) is 6.54 Å². The van der Waals surface area contributed by atoms with Gasteiger partial charge in [-0.05, 0) is 12.5 Å². The van der Waals surface area contributed by atoms with E-state index >= 15 is 0 Å². The van der Waals surface area contributed by atoms with Gasteiger partial charge in [-0.2, -0.15) is 5.26 Å². The van der Waals surface area contributed by atoms with Crippen LogP contribution in [0.1, 0.15) is 12.0 Å². The summed E-state index contributed by atoms with van der Waals surface area (Å²) in [6.07, 6.45) is 8.02. The highest BCUT2D eigenvalue weighted by atomic mass is 16.5. The normalized spacial score (nSPS) is 10.4. The lowest BCUT2D eigenvalue weighted by atomic mass is 10.1. The molecule has 6 nitrogen and oxygen atoms in total. The number of hydrogen-bond acceptors (Lipinski definition) is 5. The molecule has 0 spiro atoms. The third kappa shape index (κ3) is 3.09. The van der Waals surface area contributed by atoms with E-state index in [2.05, 4.69) is 21.4 Å². The van der Waals surface area contributed by atoms with E-state index in [-0.39, 0.29) is 0 Å². The average Bonchev–Trinajstić information content (AvgIpc) is 3.11. The first-order valence-electron chi connectivity index (χ1n) is 7.39. The van der Waals surface area contributed by atoms with Gasteiger partial charge in [0, 0.05) is 37.1 Å². The molecule has 0 aliphatic heterocycles. The molecule has 0 unspecified atom stereocenters. The van der Waals surface area contributed by atoms with Crippen molar-refractivity contribution in [2.24, 2.45) is 0 Å². The Balaban J connectivity index is 1.82.